The number of hydrogen-bond acceptors (Lipinski definition) is 4. The highest BCUT2D eigenvalue weighted by atomic mass is 16.1. The Morgan fingerprint density at radius 3 is 3.15 bits per heavy atom. The highest BCUT2D eigenvalue weighted by Gasteiger charge is 2.24. The zero-order valence-electron chi connectivity index (χ0n) is 11.2. The lowest BCUT2D eigenvalue weighted by Gasteiger charge is -2.31. The second-order valence-electron chi connectivity index (χ2n) is 5.18. The van der Waals surface area contributed by atoms with Crippen molar-refractivity contribution in [3.05, 3.63) is 35.7 Å². The Bertz CT molecular complexity index is 575. The van der Waals surface area contributed by atoms with Crippen molar-refractivity contribution in [2.75, 3.05) is 13.1 Å². The number of H-pyrrole nitrogens is 2. The lowest BCUT2D eigenvalue weighted by molar-refractivity contribution is 0.0995. The van der Waals surface area contributed by atoms with Gasteiger partial charge in [-0.05, 0) is 25.5 Å². The summed E-state index contributed by atoms with van der Waals surface area (Å²) < 4.78 is 0. The molecule has 1 aliphatic heterocycles. The van der Waals surface area contributed by atoms with E-state index in [9.17, 15) is 4.79 Å². The summed E-state index contributed by atoms with van der Waals surface area (Å²) in [6, 6.07) is 1.77. The summed E-state index contributed by atoms with van der Waals surface area (Å²) in [7, 11) is 0. The highest BCUT2D eigenvalue weighted by molar-refractivity contribution is 5.90. The van der Waals surface area contributed by atoms with Gasteiger partial charge < -0.3 is 10.7 Å². The number of amides is 1. The van der Waals surface area contributed by atoms with E-state index in [1.807, 2.05) is 6.20 Å². The molecule has 3 heterocycles. The van der Waals surface area contributed by atoms with Crippen molar-refractivity contribution < 1.29 is 4.79 Å². The van der Waals surface area contributed by atoms with Crippen LogP contribution in [-0.2, 0) is 6.54 Å². The molecule has 0 saturated carbocycles. The third-order valence-corrected chi connectivity index (χ3v) is 3.72. The van der Waals surface area contributed by atoms with E-state index in [4.69, 9.17) is 5.73 Å². The van der Waals surface area contributed by atoms with Crippen molar-refractivity contribution in [1.82, 2.24) is 25.1 Å². The quantitative estimate of drug-likeness (QED) is 0.760. The molecule has 0 spiro atoms. The van der Waals surface area contributed by atoms with Crippen LogP contribution in [0.3, 0.4) is 0 Å². The highest BCUT2D eigenvalue weighted by Crippen LogP contribution is 2.26. The lowest BCUT2D eigenvalue weighted by Crippen LogP contribution is -2.34. The van der Waals surface area contributed by atoms with Crippen molar-refractivity contribution >= 4 is 5.91 Å². The van der Waals surface area contributed by atoms with E-state index in [0.717, 1.165) is 44.0 Å². The van der Waals surface area contributed by atoms with Crippen LogP contribution in [0.2, 0.25) is 0 Å². The Hall–Kier alpha value is -2.15. The van der Waals surface area contributed by atoms with Crippen LogP contribution in [-0.4, -0.2) is 44.1 Å². The Kier molecular flexibility index (Phi) is 3.51. The molecule has 1 aliphatic rings. The minimum atomic E-state index is -0.490. The third-order valence-electron chi connectivity index (χ3n) is 3.72. The molecular weight excluding hydrogens is 256 g/mol. The van der Waals surface area contributed by atoms with Gasteiger partial charge in [-0.2, -0.15) is 5.10 Å². The number of piperidine rings is 1. The van der Waals surface area contributed by atoms with Crippen molar-refractivity contribution in [3.8, 4) is 0 Å². The molecule has 106 valence electrons. The third kappa shape index (κ3) is 2.72. The number of imidazole rings is 1. The molecule has 7 nitrogen and oxygen atoms in total. The van der Waals surface area contributed by atoms with E-state index in [0.29, 0.717) is 11.6 Å². The first-order valence-electron chi connectivity index (χ1n) is 6.78. The Labute approximate surface area is 116 Å². The Balaban J connectivity index is 1.66. The van der Waals surface area contributed by atoms with E-state index in [2.05, 4.69) is 25.1 Å². The van der Waals surface area contributed by atoms with Crippen LogP contribution in [0.25, 0.3) is 0 Å². The Morgan fingerprint density at radius 1 is 1.55 bits per heavy atom. The molecular formula is C13H18N6O. The van der Waals surface area contributed by atoms with Gasteiger partial charge in [-0.3, -0.25) is 14.8 Å². The van der Waals surface area contributed by atoms with Crippen LogP contribution < -0.4 is 5.73 Å². The van der Waals surface area contributed by atoms with Gasteiger partial charge in [-0.1, -0.05) is 0 Å². The van der Waals surface area contributed by atoms with Crippen LogP contribution in [0.4, 0.5) is 0 Å². The zero-order valence-corrected chi connectivity index (χ0v) is 11.2. The van der Waals surface area contributed by atoms with Gasteiger partial charge >= 0.3 is 0 Å². The summed E-state index contributed by atoms with van der Waals surface area (Å²) in [5, 5.41) is 6.89. The number of aromatic nitrogens is 4. The number of aromatic amines is 2. The first-order valence-corrected chi connectivity index (χ1v) is 6.78. The van der Waals surface area contributed by atoms with Gasteiger partial charge in [0.1, 0.15) is 11.5 Å². The number of carbonyl (C=O) groups excluding carboxylic acids is 1. The standard InChI is InChI=1S/C13H18N6O/c14-13(20)11-6-10(17-18-11)9-2-1-5-19(7-9)8-12-15-3-4-16-12/h3-4,6,9H,1-2,5,7-8H2,(H2,14,20)(H,15,16)(H,17,18)/t9-/m1/s1. The van der Waals surface area contributed by atoms with Crippen LogP contribution in [0.5, 0.6) is 0 Å². The number of rotatable bonds is 4. The maximum Gasteiger partial charge on any atom is 0.269 e. The average molecular weight is 274 g/mol. The summed E-state index contributed by atoms with van der Waals surface area (Å²) in [6.07, 6.45) is 5.82. The molecule has 3 rings (SSSR count). The van der Waals surface area contributed by atoms with E-state index < -0.39 is 5.91 Å². The summed E-state index contributed by atoms with van der Waals surface area (Å²) in [5.74, 6) is 0.850. The SMILES string of the molecule is NC(=O)c1cc([C@@H]2CCCN(Cc3ncc[nH]3)C2)[nH]n1. The fourth-order valence-electron chi connectivity index (χ4n) is 2.72. The monoisotopic (exact) mass is 274 g/mol. The second kappa shape index (κ2) is 5.46. The predicted molar refractivity (Wildman–Crippen MR) is 72.9 cm³/mol. The van der Waals surface area contributed by atoms with Crippen LogP contribution in [0.1, 0.15) is 40.8 Å². The molecule has 2 aromatic heterocycles. The fraction of sp³-hybridized carbons (Fsp3) is 0.462. The van der Waals surface area contributed by atoms with Gasteiger partial charge in [0.15, 0.2) is 0 Å². The van der Waals surface area contributed by atoms with Gasteiger partial charge in [-0.25, -0.2) is 4.98 Å². The predicted octanol–water partition coefficient (Wildman–Crippen LogP) is 0.611. The average Bonchev–Trinajstić information content (AvgIpc) is 3.09. The molecule has 1 amide bonds. The largest absolute Gasteiger partial charge is 0.364 e. The van der Waals surface area contributed by atoms with Crippen molar-refractivity contribution in [3.63, 3.8) is 0 Å². The van der Waals surface area contributed by atoms with E-state index in [1.54, 1.807) is 12.3 Å². The van der Waals surface area contributed by atoms with Crippen molar-refractivity contribution in [1.29, 1.82) is 0 Å². The topological polar surface area (TPSA) is 104 Å². The lowest BCUT2D eigenvalue weighted by atomic mass is 9.94. The molecule has 1 saturated heterocycles. The van der Waals surface area contributed by atoms with E-state index in [-0.39, 0.29) is 0 Å². The van der Waals surface area contributed by atoms with Crippen molar-refractivity contribution in [2.24, 2.45) is 5.73 Å². The van der Waals surface area contributed by atoms with Crippen LogP contribution in [0, 0.1) is 0 Å². The molecule has 4 N–H and O–H groups in total. The normalized spacial score (nSPS) is 20.1. The number of primary amides is 1. The van der Waals surface area contributed by atoms with Gasteiger partial charge in [0.25, 0.3) is 5.91 Å². The van der Waals surface area contributed by atoms with Gasteiger partial charge in [0, 0.05) is 30.6 Å². The number of hydrogen-bond donors (Lipinski definition) is 3. The second-order valence-corrected chi connectivity index (χ2v) is 5.18. The number of likely N-dealkylation sites (tertiary alicyclic amines) is 1. The maximum atomic E-state index is 11.1. The zero-order chi connectivity index (χ0) is 13.9. The molecule has 0 aliphatic carbocycles. The number of nitrogens with zero attached hydrogens (tertiary/aromatic N) is 3. The van der Waals surface area contributed by atoms with E-state index >= 15 is 0 Å². The molecule has 2 aromatic rings. The first-order chi connectivity index (χ1) is 9.72. The summed E-state index contributed by atoms with van der Waals surface area (Å²) in [5.41, 5.74) is 6.53. The first kappa shape index (κ1) is 12.9. The molecule has 0 aromatic carbocycles. The van der Waals surface area contributed by atoms with E-state index in [1.165, 1.54) is 0 Å². The minimum Gasteiger partial charge on any atom is -0.364 e. The minimum absolute atomic E-state index is 0.308. The van der Waals surface area contributed by atoms with Crippen LogP contribution >= 0.6 is 0 Å². The van der Waals surface area contributed by atoms with Gasteiger partial charge in [0.2, 0.25) is 0 Å². The maximum absolute atomic E-state index is 11.1. The molecule has 7 heteroatoms. The molecule has 1 atom stereocenters. The number of nitrogens with one attached hydrogen (secondary N) is 2. The molecule has 0 unspecified atom stereocenters. The van der Waals surface area contributed by atoms with Crippen molar-refractivity contribution in [2.45, 2.75) is 25.3 Å². The molecule has 0 bridgehead atoms. The van der Waals surface area contributed by atoms with Gasteiger partial charge in [-0.15, -0.1) is 0 Å². The Morgan fingerprint density at radius 2 is 2.45 bits per heavy atom. The smallest absolute Gasteiger partial charge is 0.269 e. The molecule has 20 heavy (non-hydrogen) atoms. The van der Waals surface area contributed by atoms with Gasteiger partial charge in [0.05, 0.1) is 6.54 Å². The summed E-state index contributed by atoms with van der Waals surface area (Å²) in [6.45, 7) is 2.81. The summed E-state index contributed by atoms with van der Waals surface area (Å²) >= 11 is 0. The fourth-order valence-corrected chi connectivity index (χ4v) is 2.72. The number of nitrogens with two attached hydrogens (primary N) is 1. The van der Waals surface area contributed by atoms with Crippen LogP contribution in [0.15, 0.2) is 18.5 Å². The molecule has 1 fully saturated rings. The summed E-state index contributed by atoms with van der Waals surface area (Å²) in [4.78, 5) is 20.8. The number of carbonyl (C=O) groups is 1. The molecule has 0 radical (unpaired) electrons.